The van der Waals surface area contributed by atoms with E-state index in [9.17, 15) is 0 Å². The molecule has 0 spiro atoms. The Bertz CT molecular complexity index is 4670. The van der Waals surface area contributed by atoms with E-state index in [0.29, 0.717) is 0 Å². The van der Waals surface area contributed by atoms with Gasteiger partial charge in [-0.05, 0) is 82.0 Å². The molecule has 0 saturated carbocycles. The van der Waals surface area contributed by atoms with Crippen molar-refractivity contribution in [2.75, 3.05) is 0 Å². The largest absolute Gasteiger partial charge is 0.180 e. The maximum Gasteiger partial charge on any atom is 0.0713 e. The molecule has 1 aliphatic carbocycles. The molecule has 0 amide bonds. The minimum Gasteiger partial charge on any atom is -0.180 e. The Morgan fingerprint density at radius 3 is 0.840 bits per heavy atom. The Balaban J connectivity index is 0.000000190. The van der Waals surface area contributed by atoms with Crippen LogP contribution in [0.2, 0.25) is 0 Å². The van der Waals surface area contributed by atoms with E-state index in [4.69, 9.17) is 0 Å². The minimum atomic E-state index is -0.473. The fourth-order valence-corrected chi connectivity index (χ4v) is 14.5. The van der Waals surface area contributed by atoms with Gasteiger partial charge in [0.2, 0.25) is 0 Å². The molecule has 16 rings (SSSR count). The summed E-state index contributed by atoms with van der Waals surface area (Å²) in [6.45, 7) is 0. The van der Waals surface area contributed by atoms with Crippen LogP contribution in [0, 0.1) is 48.5 Å². The van der Waals surface area contributed by atoms with Gasteiger partial charge in [-0.25, -0.2) is 0 Å². The summed E-state index contributed by atoms with van der Waals surface area (Å²) in [4.78, 5) is 0. The van der Waals surface area contributed by atoms with Crippen LogP contribution in [0.5, 0.6) is 0 Å². The number of rotatable bonds is 14. The van der Waals surface area contributed by atoms with Gasteiger partial charge in [-0.1, -0.05) is 144 Å². The van der Waals surface area contributed by atoms with E-state index in [2.05, 4.69) is 279 Å². The van der Waals surface area contributed by atoms with Crippen molar-refractivity contribution in [3.05, 3.63) is 419 Å². The van der Waals surface area contributed by atoms with E-state index >= 15 is 0 Å². The number of hydrogen-bond acceptors (Lipinski definition) is 1. The number of hydrogen-bond donors (Lipinski definition) is 0. The first-order chi connectivity index (χ1) is 44.6. The molecule has 1 heterocycles. The molecule has 0 atom stereocenters. The standard InChI is InChI=1S/C51H34.C38H24S.4Y/c1-3-15-37(16-4-1)35-41-19-7-9-21-45(41)39-27-31-43(32-28-39)51(49-25-13-11-23-47(49)48-24-12-14-26-50(48)51)44-33-29-40(30-34-44)46-22-10-8-20-42(46)36-38-17-5-2-6-18-38;1-3-11-27(12-4-1)23-29-15-7-9-17-33(29)31-19-21-37-35(25-31)36-26-32(20-22-38(36)39-37)34-18-10-8-16-30(34)24-28-13-5-2-6-14-28;;;;/h1-15,17,21-34H,35-36H2;1-11,13,17-22,25-26H,23-24H2;;;;/q2*-4;;;;. The van der Waals surface area contributed by atoms with Gasteiger partial charge >= 0.3 is 0 Å². The first kappa shape index (κ1) is 69.1. The molecule has 0 saturated heterocycles. The third kappa shape index (κ3) is 14.5. The molecule has 15 aromatic rings. The zero-order valence-corrected chi connectivity index (χ0v) is 64.1. The van der Waals surface area contributed by atoms with Crippen molar-refractivity contribution in [3.8, 4) is 55.6 Å². The van der Waals surface area contributed by atoms with Crippen molar-refractivity contribution >= 4 is 31.5 Å². The Hall–Kier alpha value is -6.28. The van der Waals surface area contributed by atoms with Gasteiger partial charge in [-0.15, -0.1) is 33.6 Å². The van der Waals surface area contributed by atoms with E-state index < -0.39 is 5.41 Å². The molecule has 94 heavy (non-hydrogen) atoms. The van der Waals surface area contributed by atoms with Gasteiger partial charge in [0, 0.05) is 140 Å². The van der Waals surface area contributed by atoms with Gasteiger partial charge in [0.1, 0.15) is 0 Å². The van der Waals surface area contributed by atoms with Gasteiger partial charge in [-0.2, -0.15) is 263 Å². The first-order valence-corrected chi connectivity index (χ1v) is 31.6. The normalized spacial score (nSPS) is 11.5. The molecular formula is C89H58SY4-8. The fraction of sp³-hybridized carbons (Fsp3) is 0.0562. The molecule has 1 aliphatic rings. The Morgan fingerprint density at radius 1 is 0.245 bits per heavy atom. The van der Waals surface area contributed by atoms with Crippen molar-refractivity contribution < 1.29 is 131 Å². The molecule has 0 fully saturated rings. The van der Waals surface area contributed by atoms with Crippen LogP contribution in [0.25, 0.3) is 75.8 Å². The van der Waals surface area contributed by atoms with Crippen LogP contribution in [-0.2, 0) is 162 Å². The average Bonchev–Trinajstić information content (AvgIpc) is 1.53. The van der Waals surface area contributed by atoms with E-state index in [-0.39, 0.29) is 131 Å². The van der Waals surface area contributed by atoms with Crippen LogP contribution in [0.15, 0.2) is 303 Å². The maximum atomic E-state index is 3.53. The van der Waals surface area contributed by atoms with Crippen LogP contribution in [0.1, 0.15) is 66.8 Å². The second-order valence-corrected chi connectivity index (χ2v) is 24.1. The molecule has 14 aromatic carbocycles. The molecule has 0 nitrogen and oxygen atoms in total. The summed E-state index contributed by atoms with van der Waals surface area (Å²) < 4.78 is 2.62. The molecule has 0 N–H and O–H groups in total. The summed E-state index contributed by atoms with van der Waals surface area (Å²) in [6, 6.07) is 136. The van der Waals surface area contributed by atoms with Crippen LogP contribution in [-0.4, -0.2) is 0 Å². The van der Waals surface area contributed by atoms with Gasteiger partial charge in [0.25, 0.3) is 0 Å². The molecule has 0 aliphatic heterocycles. The quantitative estimate of drug-likeness (QED) is 0.0952. The third-order valence-electron chi connectivity index (χ3n) is 17.6. The number of benzene rings is 14. The Labute approximate surface area is 658 Å². The van der Waals surface area contributed by atoms with Crippen molar-refractivity contribution in [1.82, 2.24) is 0 Å². The molecule has 4 radical (unpaired) electrons. The molecule has 0 unspecified atom stereocenters. The van der Waals surface area contributed by atoms with Crippen LogP contribution in [0.3, 0.4) is 0 Å². The van der Waals surface area contributed by atoms with Crippen LogP contribution < -0.4 is 0 Å². The average molecular weight is 1520 g/mol. The predicted molar refractivity (Wildman–Crippen MR) is 373 cm³/mol. The van der Waals surface area contributed by atoms with Gasteiger partial charge in [0.05, 0.1) is 5.41 Å². The van der Waals surface area contributed by atoms with E-state index in [1.54, 1.807) is 0 Å². The number of fused-ring (bicyclic) bond motifs is 6. The van der Waals surface area contributed by atoms with E-state index in [1.807, 2.05) is 84.1 Å². The van der Waals surface area contributed by atoms with Crippen LogP contribution >= 0.6 is 11.3 Å². The summed E-state index contributed by atoms with van der Waals surface area (Å²) in [6.07, 6.45) is 3.21. The monoisotopic (exact) mass is 1510 g/mol. The molecule has 0 bridgehead atoms. The Kier molecular flexibility index (Phi) is 23.6. The zero-order valence-electron chi connectivity index (χ0n) is 51.9. The topological polar surface area (TPSA) is 0 Å². The third-order valence-corrected chi connectivity index (χ3v) is 18.8. The summed E-state index contributed by atoms with van der Waals surface area (Å²) in [5, 5.41) is 2.60. The van der Waals surface area contributed by atoms with E-state index in [1.165, 1.54) is 143 Å². The van der Waals surface area contributed by atoms with Gasteiger partial charge < -0.3 is 0 Å². The molecular weight excluding hydrogens is 1460 g/mol. The van der Waals surface area contributed by atoms with Crippen molar-refractivity contribution in [2.45, 2.75) is 31.1 Å². The summed E-state index contributed by atoms with van der Waals surface area (Å²) in [7, 11) is 0. The second kappa shape index (κ2) is 32.2. The second-order valence-electron chi connectivity index (χ2n) is 23.0. The molecule has 5 heteroatoms. The minimum absolute atomic E-state index is 0. The van der Waals surface area contributed by atoms with Crippen molar-refractivity contribution in [1.29, 1.82) is 0 Å². The van der Waals surface area contributed by atoms with Crippen molar-refractivity contribution in [3.63, 3.8) is 0 Å². The summed E-state index contributed by atoms with van der Waals surface area (Å²) >= 11 is 1.86. The smallest absolute Gasteiger partial charge is 0.0713 e. The SMILES string of the molecule is [Y].[Y].[Y].[Y].[c-]1ccccc1Cc1[c-]cccc1-c1ccc(C2(c3ccc(-c4ccc[c-]c4Cc4[c-]cccc4)cc3)c3ccccc3-c3ccccc32)cc1.[c-]1ccccc1Cc1[c-]cccc1-c1ccc2sc3ccc(-c4ccc[c-]c4Cc4[c-]cccc4)cc3c2c1. The van der Waals surface area contributed by atoms with E-state index in [0.717, 1.165) is 25.7 Å². The van der Waals surface area contributed by atoms with Gasteiger partial charge in [0.15, 0.2) is 0 Å². The maximum absolute atomic E-state index is 3.53. The first-order valence-electron chi connectivity index (χ1n) is 30.8. The van der Waals surface area contributed by atoms with Crippen LogP contribution in [0.4, 0.5) is 0 Å². The fourth-order valence-electron chi connectivity index (χ4n) is 13.4. The summed E-state index contributed by atoms with van der Waals surface area (Å²) in [5.74, 6) is 0. The zero-order chi connectivity index (χ0) is 60.1. The molecule has 440 valence electrons. The summed E-state index contributed by atoms with van der Waals surface area (Å²) in [5.41, 5.74) is 26.4. The Morgan fingerprint density at radius 2 is 0.521 bits per heavy atom. The van der Waals surface area contributed by atoms with Gasteiger partial charge in [-0.3, -0.25) is 0 Å². The van der Waals surface area contributed by atoms with Crippen molar-refractivity contribution in [2.24, 2.45) is 0 Å². The molecule has 1 aromatic heterocycles. The number of thiophene rings is 1. The predicted octanol–water partition coefficient (Wildman–Crippen LogP) is 21.5.